The van der Waals surface area contributed by atoms with Crippen molar-refractivity contribution in [3.63, 3.8) is 0 Å². The Labute approximate surface area is 148 Å². The molecule has 1 aliphatic carbocycles. The van der Waals surface area contributed by atoms with Crippen LogP contribution in [0.5, 0.6) is 0 Å². The number of nitrogens with one attached hydrogen (secondary N) is 1. The molecule has 0 aromatic heterocycles. The van der Waals surface area contributed by atoms with Gasteiger partial charge >= 0.3 is 5.97 Å². The van der Waals surface area contributed by atoms with Crippen LogP contribution < -0.4 is 5.32 Å². The maximum Gasteiger partial charge on any atom is 0.337 e. The maximum absolute atomic E-state index is 14.6. The van der Waals surface area contributed by atoms with Gasteiger partial charge in [-0.15, -0.1) is 0 Å². The summed E-state index contributed by atoms with van der Waals surface area (Å²) in [6, 6.07) is 3.72. The number of piperidine rings is 1. The summed E-state index contributed by atoms with van der Waals surface area (Å²) in [5, 5.41) is 3.47. The van der Waals surface area contributed by atoms with E-state index in [4.69, 9.17) is 4.74 Å². The Morgan fingerprint density at radius 1 is 1.32 bits per heavy atom. The lowest BCUT2D eigenvalue weighted by Gasteiger charge is -2.37. The van der Waals surface area contributed by atoms with Crippen molar-refractivity contribution < 1.29 is 13.9 Å². The number of methoxy groups -OCH3 is 1. The summed E-state index contributed by atoms with van der Waals surface area (Å²) < 4.78 is 19.3. The van der Waals surface area contributed by atoms with Gasteiger partial charge in [0.25, 0.3) is 0 Å². The predicted molar refractivity (Wildman–Crippen MR) is 94.0 cm³/mol. The number of hydrogen-bond donors (Lipinski definition) is 1. The van der Waals surface area contributed by atoms with Crippen molar-refractivity contribution in [2.75, 3.05) is 26.7 Å². The van der Waals surface area contributed by atoms with Gasteiger partial charge in [0.05, 0.1) is 12.7 Å². The van der Waals surface area contributed by atoms with Crippen LogP contribution in [0.2, 0.25) is 0 Å². The van der Waals surface area contributed by atoms with Gasteiger partial charge in [-0.25, -0.2) is 9.18 Å². The SMILES string of the molecule is COC(=O)c1cc(F)c2c(c1)CCN(C1CCC3(CCNCC3)C1)C2. The topological polar surface area (TPSA) is 41.6 Å². The molecule has 25 heavy (non-hydrogen) atoms. The third-order valence-electron chi connectivity index (χ3n) is 6.60. The number of rotatable bonds is 2. The van der Waals surface area contributed by atoms with Crippen LogP contribution >= 0.6 is 0 Å². The minimum absolute atomic E-state index is 0.267. The number of ether oxygens (including phenoxy) is 1. The molecule has 0 amide bonds. The van der Waals surface area contributed by atoms with E-state index in [0.29, 0.717) is 23.6 Å². The van der Waals surface area contributed by atoms with E-state index in [2.05, 4.69) is 10.2 Å². The van der Waals surface area contributed by atoms with Gasteiger partial charge < -0.3 is 10.1 Å². The van der Waals surface area contributed by atoms with Crippen LogP contribution in [0.15, 0.2) is 12.1 Å². The van der Waals surface area contributed by atoms with Gasteiger partial charge in [-0.05, 0) is 74.7 Å². The minimum atomic E-state index is -0.465. The van der Waals surface area contributed by atoms with Gasteiger partial charge in [0.1, 0.15) is 5.82 Å². The highest BCUT2D eigenvalue weighted by Gasteiger charge is 2.42. The lowest BCUT2D eigenvalue weighted by Crippen LogP contribution is -2.40. The average Bonchev–Trinajstić information content (AvgIpc) is 3.04. The lowest BCUT2D eigenvalue weighted by atomic mass is 9.77. The Morgan fingerprint density at radius 2 is 2.12 bits per heavy atom. The zero-order chi connectivity index (χ0) is 17.4. The second-order valence-electron chi connectivity index (χ2n) is 7.95. The molecule has 136 valence electrons. The summed E-state index contributed by atoms with van der Waals surface area (Å²) in [5.74, 6) is -0.732. The fraction of sp³-hybridized carbons (Fsp3) is 0.650. The van der Waals surface area contributed by atoms with Gasteiger partial charge in [0.2, 0.25) is 0 Å². The van der Waals surface area contributed by atoms with Gasteiger partial charge in [0, 0.05) is 24.7 Å². The third kappa shape index (κ3) is 3.20. The number of carbonyl (C=O) groups is 1. The van der Waals surface area contributed by atoms with Crippen LogP contribution in [-0.4, -0.2) is 43.7 Å². The fourth-order valence-electron chi connectivity index (χ4n) is 5.09. The molecule has 1 N–H and O–H groups in total. The number of fused-ring (bicyclic) bond motifs is 1. The predicted octanol–water partition coefficient (Wildman–Crippen LogP) is 2.89. The van der Waals surface area contributed by atoms with Crippen molar-refractivity contribution >= 4 is 5.97 Å². The third-order valence-corrected chi connectivity index (χ3v) is 6.60. The summed E-state index contributed by atoms with van der Waals surface area (Å²) in [4.78, 5) is 14.2. The number of carbonyl (C=O) groups excluding carboxylic acids is 1. The Morgan fingerprint density at radius 3 is 2.88 bits per heavy atom. The molecule has 2 aliphatic heterocycles. The van der Waals surface area contributed by atoms with Crippen molar-refractivity contribution in [2.45, 2.75) is 51.1 Å². The molecule has 1 spiro atoms. The van der Waals surface area contributed by atoms with Crippen LogP contribution in [0.1, 0.15) is 53.6 Å². The molecular formula is C20H27FN2O2. The van der Waals surface area contributed by atoms with E-state index in [1.165, 1.54) is 45.3 Å². The molecule has 1 unspecified atom stereocenters. The van der Waals surface area contributed by atoms with E-state index in [9.17, 15) is 9.18 Å². The van der Waals surface area contributed by atoms with Crippen molar-refractivity contribution in [2.24, 2.45) is 5.41 Å². The van der Waals surface area contributed by atoms with Crippen LogP contribution in [0.4, 0.5) is 4.39 Å². The van der Waals surface area contributed by atoms with E-state index in [0.717, 1.165) is 37.2 Å². The maximum atomic E-state index is 14.6. The highest BCUT2D eigenvalue weighted by molar-refractivity contribution is 5.89. The highest BCUT2D eigenvalue weighted by Crippen LogP contribution is 2.47. The first-order valence-electron chi connectivity index (χ1n) is 9.45. The molecule has 0 bridgehead atoms. The zero-order valence-electron chi connectivity index (χ0n) is 14.9. The molecule has 1 aromatic carbocycles. The van der Waals surface area contributed by atoms with Crippen LogP contribution in [0.25, 0.3) is 0 Å². The average molecular weight is 346 g/mol. The van der Waals surface area contributed by atoms with Crippen molar-refractivity contribution in [1.82, 2.24) is 10.2 Å². The standard InChI is InChI=1S/C20H27FN2O2/c1-25-19(24)15-10-14-3-9-23(13-17(14)18(21)11-15)16-2-4-20(12-16)5-7-22-8-6-20/h10-11,16,22H,2-9,12-13H2,1H3. The monoisotopic (exact) mass is 346 g/mol. The first-order valence-corrected chi connectivity index (χ1v) is 9.45. The van der Waals surface area contributed by atoms with Crippen molar-refractivity contribution in [1.29, 1.82) is 0 Å². The Hall–Kier alpha value is -1.46. The summed E-state index contributed by atoms with van der Waals surface area (Å²) in [7, 11) is 1.33. The van der Waals surface area contributed by atoms with Gasteiger partial charge in [-0.2, -0.15) is 0 Å². The quantitative estimate of drug-likeness (QED) is 0.836. The first kappa shape index (κ1) is 17.0. The summed E-state index contributed by atoms with van der Waals surface area (Å²) >= 11 is 0. The van der Waals surface area contributed by atoms with Crippen molar-refractivity contribution in [3.05, 3.63) is 34.6 Å². The minimum Gasteiger partial charge on any atom is -0.465 e. The normalized spacial score (nSPS) is 25.8. The van der Waals surface area contributed by atoms with Crippen molar-refractivity contribution in [3.8, 4) is 0 Å². The molecule has 2 heterocycles. The molecule has 1 atom stereocenters. The number of hydrogen-bond acceptors (Lipinski definition) is 4. The summed E-state index contributed by atoms with van der Waals surface area (Å²) in [6.45, 7) is 3.90. The smallest absolute Gasteiger partial charge is 0.337 e. The number of benzene rings is 1. The summed E-state index contributed by atoms with van der Waals surface area (Å²) in [6.07, 6.45) is 7.17. The summed E-state index contributed by atoms with van der Waals surface area (Å²) in [5.41, 5.74) is 2.57. The van der Waals surface area contributed by atoms with E-state index < -0.39 is 5.97 Å². The van der Waals surface area contributed by atoms with Crippen LogP contribution in [0.3, 0.4) is 0 Å². The van der Waals surface area contributed by atoms with Gasteiger partial charge in [-0.3, -0.25) is 4.90 Å². The largest absolute Gasteiger partial charge is 0.465 e. The fourth-order valence-corrected chi connectivity index (χ4v) is 5.09. The Balaban J connectivity index is 1.49. The molecule has 2 fully saturated rings. The molecule has 1 saturated carbocycles. The van der Waals surface area contributed by atoms with Gasteiger partial charge in [-0.1, -0.05) is 0 Å². The Bertz CT molecular complexity index is 670. The van der Waals surface area contributed by atoms with Crippen LogP contribution in [0, 0.1) is 11.2 Å². The first-order chi connectivity index (χ1) is 12.1. The van der Waals surface area contributed by atoms with E-state index >= 15 is 0 Å². The second kappa shape index (κ2) is 6.69. The lowest BCUT2D eigenvalue weighted by molar-refractivity contribution is 0.0599. The molecule has 3 aliphatic rings. The molecule has 4 rings (SSSR count). The number of nitrogens with zero attached hydrogens (tertiary/aromatic N) is 1. The second-order valence-corrected chi connectivity index (χ2v) is 7.95. The molecule has 1 saturated heterocycles. The molecule has 0 radical (unpaired) electrons. The zero-order valence-corrected chi connectivity index (χ0v) is 14.9. The van der Waals surface area contributed by atoms with Crippen LogP contribution in [-0.2, 0) is 17.7 Å². The highest BCUT2D eigenvalue weighted by atomic mass is 19.1. The number of esters is 1. The molecular weight excluding hydrogens is 319 g/mol. The number of halogens is 1. The van der Waals surface area contributed by atoms with Gasteiger partial charge in [0.15, 0.2) is 0 Å². The molecule has 5 heteroatoms. The van der Waals surface area contributed by atoms with E-state index in [1.807, 2.05) is 6.07 Å². The molecule has 4 nitrogen and oxygen atoms in total. The Kier molecular flexibility index (Phi) is 4.54. The van der Waals surface area contributed by atoms with E-state index in [1.54, 1.807) is 0 Å². The molecule has 1 aromatic rings. The van der Waals surface area contributed by atoms with E-state index in [-0.39, 0.29) is 5.82 Å².